The molecule has 0 heterocycles. The van der Waals surface area contributed by atoms with E-state index in [0.717, 1.165) is 12.6 Å². The summed E-state index contributed by atoms with van der Waals surface area (Å²) in [5.41, 5.74) is 4.90. The number of nitrogens with two attached hydrogens (primary N) is 1. The van der Waals surface area contributed by atoms with Gasteiger partial charge in [0.2, 0.25) is 0 Å². The highest BCUT2D eigenvalue weighted by Gasteiger charge is 2.08. The predicted octanol–water partition coefficient (Wildman–Crippen LogP) is 1.93. The minimum atomic E-state index is -0.803. The van der Waals surface area contributed by atoms with Gasteiger partial charge in [0, 0.05) is 6.21 Å². The second-order valence-corrected chi connectivity index (χ2v) is 4.47. The fourth-order valence-electron chi connectivity index (χ4n) is 0.885. The Bertz CT molecular complexity index is 309. The fourth-order valence-corrected chi connectivity index (χ4v) is 0.885. The van der Waals surface area contributed by atoms with Crippen molar-refractivity contribution in [2.75, 3.05) is 0 Å². The molecule has 1 amide bonds. The van der Waals surface area contributed by atoms with E-state index in [9.17, 15) is 9.90 Å². The van der Waals surface area contributed by atoms with E-state index in [4.69, 9.17) is 11.1 Å². The predicted molar refractivity (Wildman–Crippen MR) is 60.8 cm³/mol. The summed E-state index contributed by atoms with van der Waals surface area (Å²) in [7, 11) is 0. The molecule has 0 bridgehead atoms. The number of rotatable bonds is 4. The van der Waals surface area contributed by atoms with Crippen LogP contribution in [0.4, 0.5) is 0 Å². The van der Waals surface area contributed by atoms with Crippen LogP contribution in [0.3, 0.4) is 0 Å². The Kier molecular flexibility index (Phi) is 4.78. The van der Waals surface area contributed by atoms with E-state index >= 15 is 0 Å². The molecule has 15 heavy (non-hydrogen) atoms. The first-order valence-corrected chi connectivity index (χ1v) is 4.68. The van der Waals surface area contributed by atoms with Crippen molar-refractivity contribution in [3.63, 3.8) is 0 Å². The van der Waals surface area contributed by atoms with E-state index in [2.05, 4.69) is 20.8 Å². The number of aliphatic hydroxyl groups excluding tert-OH is 1. The molecule has 0 rings (SSSR count). The van der Waals surface area contributed by atoms with Crippen molar-refractivity contribution in [1.82, 2.24) is 0 Å². The van der Waals surface area contributed by atoms with Crippen molar-refractivity contribution in [2.45, 2.75) is 27.2 Å². The smallest absolute Gasteiger partial charge is 0.254 e. The zero-order valence-corrected chi connectivity index (χ0v) is 9.37. The Labute approximate surface area is 90.0 Å². The van der Waals surface area contributed by atoms with Crippen LogP contribution >= 0.6 is 0 Å². The summed E-state index contributed by atoms with van der Waals surface area (Å²) in [4.78, 5) is 10.8. The van der Waals surface area contributed by atoms with Crippen molar-refractivity contribution >= 4 is 12.1 Å². The van der Waals surface area contributed by atoms with Gasteiger partial charge in [0.25, 0.3) is 5.91 Å². The summed E-state index contributed by atoms with van der Waals surface area (Å²) in [6.07, 6.45) is 4.67. The second kappa shape index (κ2) is 5.34. The van der Waals surface area contributed by atoms with Crippen LogP contribution in [0, 0.1) is 10.8 Å². The second-order valence-electron chi connectivity index (χ2n) is 4.47. The van der Waals surface area contributed by atoms with E-state index in [-0.39, 0.29) is 16.7 Å². The minimum absolute atomic E-state index is 0.119. The molecule has 0 aliphatic rings. The average molecular weight is 210 g/mol. The number of carbonyl (C=O) groups is 1. The minimum Gasteiger partial charge on any atom is -0.507 e. The molecule has 84 valence electrons. The molecule has 0 aromatic heterocycles. The highest BCUT2D eigenvalue weighted by Crippen LogP contribution is 2.19. The van der Waals surface area contributed by atoms with Crippen LogP contribution in [-0.4, -0.2) is 17.2 Å². The molecule has 0 aromatic rings. The summed E-state index contributed by atoms with van der Waals surface area (Å²) >= 11 is 0. The van der Waals surface area contributed by atoms with E-state index in [1.165, 1.54) is 6.08 Å². The first-order valence-electron chi connectivity index (χ1n) is 4.68. The maximum atomic E-state index is 10.8. The summed E-state index contributed by atoms with van der Waals surface area (Å²) in [5, 5.41) is 16.3. The maximum absolute atomic E-state index is 10.8. The number of amides is 1. The van der Waals surface area contributed by atoms with Crippen molar-refractivity contribution in [2.24, 2.45) is 11.1 Å². The average Bonchev–Trinajstić information content (AvgIpc) is 2.01. The van der Waals surface area contributed by atoms with Gasteiger partial charge in [0.1, 0.15) is 5.76 Å². The molecular formula is C11H18N2O2. The molecule has 0 aromatic carbocycles. The Balaban J connectivity index is 4.65. The zero-order valence-electron chi connectivity index (χ0n) is 9.37. The van der Waals surface area contributed by atoms with Crippen molar-refractivity contribution in [3.05, 3.63) is 23.5 Å². The highest BCUT2D eigenvalue weighted by atomic mass is 16.3. The number of aliphatic hydroxyl groups is 1. The molecule has 4 nitrogen and oxygen atoms in total. The summed E-state index contributed by atoms with van der Waals surface area (Å²) in [6, 6.07) is 0. The van der Waals surface area contributed by atoms with Crippen LogP contribution in [0.15, 0.2) is 23.5 Å². The molecule has 0 saturated carbocycles. The Morgan fingerprint density at radius 2 is 2.00 bits per heavy atom. The molecule has 0 saturated heterocycles. The van der Waals surface area contributed by atoms with Crippen LogP contribution in [-0.2, 0) is 4.79 Å². The van der Waals surface area contributed by atoms with Crippen molar-refractivity contribution in [3.8, 4) is 0 Å². The van der Waals surface area contributed by atoms with Gasteiger partial charge >= 0.3 is 0 Å². The van der Waals surface area contributed by atoms with Crippen LogP contribution in [0.5, 0.6) is 0 Å². The third kappa shape index (κ3) is 5.67. The van der Waals surface area contributed by atoms with Gasteiger partial charge < -0.3 is 16.2 Å². The zero-order chi connectivity index (χ0) is 12.1. The highest BCUT2D eigenvalue weighted by molar-refractivity contribution is 6.11. The molecular weight excluding hydrogens is 192 g/mol. The third-order valence-corrected chi connectivity index (χ3v) is 1.69. The van der Waals surface area contributed by atoms with Gasteiger partial charge in [0.05, 0.1) is 5.57 Å². The number of hydrogen-bond acceptors (Lipinski definition) is 3. The molecule has 0 radical (unpaired) electrons. The van der Waals surface area contributed by atoms with Crippen LogP contribution in [0.25, 0.3) is 0 Å². The maximum Gasteiger partial charge on any atom is 0.254 e. The van der Waals surface area contributed by atoms with Crippen LogP contribution in [0.2, 0.25) is 0 Å². The lowest BCUT2D eigenvalue weighted by Crippen LogP contribution is -2.16. The third-order valence-electron chi connectivity index (χ3n) is 1.69. The molecule has 0 aliphatic heterocycles. The van der Waals surface area contributed by atoms with Gasteiger partial charge in [-0.15, -0.1) is 0 Å². The number of allylic oxidation sites excluding steroid dienone is 2. The summed E-state index contributed by atoms with van der Waals surface area (Å²) in [5.74, 6) is -1.07. The lowest BCUT2D eigenvalue weighted by atomic mass is 9.92. The number of nitrogens with one attached hydrogen (secondary N) is 1. The largest absolute Gasteiger partial charge is 0.507 e. The van der Waals surface area contributed by atoms with Gasteiger partial charge in [0.15, 0.2) is 0 Å². The number of carbonyl (C=O) groups excluding carboxylic acids is 1. The van der Waals surface area contributed by atoms with E-state index < -0.39 is 5.91 Å². The van der Waals surface area contributed by atoms with Crippen LogP contribution in [0.1, 0.15) is 27.2 Å². The van der Waals surface area contributed by atoms with Crippen molar-refractivity contribution < 1.29 is 9.90 Å². The molecule has 0 spiro atoms. The quantitative estimate of drug-likeness (QED) is 0.286. The van der Waals surface area contributed by atoms with E-state index in [1.54, 1.807) is 6.08 Å². The molecule has 4 heteroatoms. The first-order chi connectivity index (χ1) is 6.78. The lowest BCUT2D eigenvalue weighted by Gasteiger charge is -2.14. The van der Waals surface area contributed by atoms with Gasteiger partial charge in [-0.2, -0.15) is 0 Å². The molecule has 0 fully saturated rings. The Morgan fingerprint density at radius 1 is 1.47 bits per heavy atom. The molecule has 0 aliphatic carbocycles. The van der Waals surface area contributed by atoms with Crippen LogP contribution < -0.4 is 5.73 Å². The summed E-state index contributed by atoms with van der Waals surface area (Å²) < 4.78 is 0. The molecule has 0 unspecified atom stereocenters. The van der Waals surface area contributed by atoms with Gasteiger partial charge in [-0.3, -0.25) is 4.79 Å². The molecule has 0 atom stereocenters. The standard InChI is InChI=1S/C11H18N2O2/c1-11(2,3)6-4-5-9(14)8(7-12)10(13)15/h4-5,7,12,14H,6H2,1-3H3,(H2,13,15). The van der Waals surface area contributed by atoms with E-state index in [1.807, 2.05) is 0 Å². The van der Waals surface area contributed by atoms with E-state index in [0.29, 0.717) is 0 Å². The normalized spacial score (nSPS) is 13.8. The fraction of sp³-hybridized carbons (Fsp3) is 0.455. The monoisotopic (exact) mass is 210 g/mol. The van der Waals surface area contributed by atoms with Gasteiger partial charge in [-0.25, -0.2) is 0 Å². The summed E-state index contributed by atoms with van der Waals surface area (Å²) in [6.45, 7) is 6.18. The topological polar surface area (TPSA) is 87.2 Å². The Hall–Kier alpha value is -1.58. The Morgan fingerprint density at radius 3 is 2.33 bits per heavy atom. The number of primary amides is 1. The lowest BCUT2D eigenvalue weighted by molar-refractivity contribution is -0.114. The van der Waals surface area contributed by atoms with Crippen molar-refractivity contribution in [1.29, 1.82) is 5.41 Å². The molecule has 4 N–H and O–H groups in total. The van der Waals surface area contributed by atoms with Gasteiger partial charge in [-0.1, -0.05) is 26.8 Å². The SMILES string of the molecule is CC(C)(C)CC=CC(O)=C(C=N)C(N)=O. The van der Waals surface area contributed by atoms with Gasteiger partial charge in [-0.05, 0) is 17.9 Å². The number of hydrogen-bond donors (Lipinski definition) is 3. The first kappa shape index (κ1) is 13.4.